The Morgan fingerprint density at radius 1 is 1.04 bits per heavy atom. The molecule has 0 amide bonds. The van der Waals surface area contributed by atoms with Crippen LogP contribution >= 0.6 is 11.6 Å². The summed E-state index contributed by atoms with van der Waals surface area (Å²) in [4.78, 5) is 0.207. The first-order chi connectivity index (χ1) is 11.0. The minimum atomic E-state index is -3.61. The smallest absolute Gasteiger partial charge is 0.261 e. The number of aromatic nitrogens is 2. The van der Waals surface area contributed by atoms with Crippen LogP contribution in [0.5, 0.6) is 0 Å². The molecule has 5 nitrogen and oxygen atoms in total. The van der Waals surface area contributed by atoms with E-state index in [-0.39, 0.29) is 4.90 Å². The Hall–Kier alpha value is -2.31. The highest BCUT2D eigenvalue weighted by Crippen LogP contribution is 2.18. The van der Waals surface area contributed by atoms with Crippen molar-refractivity contribution in [3.05, 3.63) is 77.6 Å². The maximum absolute atomic E-state index is 12.3. The van der Waals surface area contributed by atoms with Crippen molar-refractivity contribution in [1.82, 2.24) is 9.78 Å². The van der Waals surface area contributed by atoms with Gasteiger partial charge in [0, 0.05) is 11.2 Å². The Morgan fingerprint density at radius 3 is 2.48 bits per heavy atom. The second-order valence-corrected chi connectivity index (χ2v) is 7.03. The van der Waals surface area contributed by atoms with Crippen LogP contribution in [0.3, 0.4) is 0 Å². The van der Waals surface area contributed by atoms with Crippen LogP contribution in [-0.4, -0.2) is 18.2 Å². The number of anilines is 1. The van der Waals surface area contributed by atoms with Gasteiger partial charge in [-0.05, 0) is 23.8 Å². The Labute approximate surface area is 139 Å². The van der Waals surface area contributed by atoms with Crippen molar-refractivity contribution in [2.24, 2.45) is 0 Å². The van der Waals surface area contributed by atoms with E-state index < -0.39 is 10.0 Å². The second kappa shape index (κ2) is 6.44. The van der Waals surface area contributed by atoms with Crippen LogP contribution in [0.2, 0.25) is 5.02 Å². The zero-order valence-corrected chi connectivity index (χ0v) is 13.6. The Kier molecular flexibility index (Phi) is 4.36. The third kappa shape index (κ3) is 3.72. The molecule has 0 radical (unpaired) electrons. The topological polar surface area (TPSA) is 64.0 Å². The summed E-state index contributed by atoms with van der Waals surface area (Å²) >= 11 is 6.11. The molecule has 0 bridgehead atoms. The lowest BCUT2D eigenvalue weighted by atomic mass is 10.2. The Morgan fingerprint density at radius 2 is 1.74 bits per heavy atom. The van der Waals surface area contributed by atoms with Crippen LogP contribution in [-0.2, 0) is 16.6 Å². The number of rotatable bonds is 5. The summed E-state index contributed by atoms with van der Waals surface area (Å²) in [5, 5.41) is 4.81. The van der Waals surface area contributed by atoms with Crippen LogP contribution in [0.4, 0.5) is 5.69 Å². The normalized spacial score (nSPS) is 11.3. The van der Waals surface area contributed by atoms with Crippen molar-refractivity contribution < 1.29 is 8.42 Å². The molecule has 23 heavy (non-hydrogen) atoms. The van der Waals surface area contributed by atoms with E-state index in [0.29, 0.717) is 17.3 Å². The van der Waals surface area contributed by atoms with Crippen LogP contribution in [0.1, 0.15) is 5.56 Å². The zero-order chi connectivity index (χ0) is 16.3. The minimum absolute atomic E-state index is 0.207. The van der Waals surface area contributed by atoms with Gasteiger partial charge in [-0.2, -0.15) is 5.10 Å². The van der Waals surface area contributed by atoms with E-state index in [2.05, 4.69) is 9.82 Å². The average Bonchev–Trinajstić information content (AvgIpc) is 2.97. The molecule has 0 atom stereocenters. The van der Waals surface area contributed by atoms with E-state index in [0.717, 1.165) is 5.56 Å². The molecule has 118 valence electrons. The molecule has 0 unspecified atom stereocenters. The molecule has 7 heteroatoms. The molecule has 0 aliphatic heterocycles. The lowest BCUT2D eigenvalue weighted by Crippen LogP contribution is -2.12. The highest BCUT2D eigenvalue weighted by molar-refractivity contribution is 7.92. The molecule has 0 saturated carbocycles. The molecule has 0 spiro atoms. The van der Waals surface area contributed by atoms with Gasteiger partial charge in [-0.3, -0.25) is 9.40 Å². The van der Waals surface area contributed by atoms with Gasteiger partial charge in [0.25, 0.3) is 10.0 Å². The van der Waals surface area contributed by atoms with Gasteiger partial charge >= 0.3 is 0 Å². The van der Waals surface area contributed by atoms with Gasteiger partial charge in [-0.1, -0.05) is 48.0 Å². The SMILES string of the molecule is O=S(=O)(Nc1cnn(Cc2ccccc2Cl)c1)c1ccccc1. The van der Waals surface area contributed by atoms with E-state index in [1.54, 1.807) is 35.1 Å². The summed E-state index contributed by atoms with van der Waals surface area (Å²) in [5.41, 5.74) is 1.32. The van der Waals surface area contributed by atoms with Gasteiger partial charge in [0.05, 0.1) is 23.3 Å². The van der Waals surface area contributed by atoms with Gasteiger partial charge in [0.15, 0.2) is 0 Å². The van der Waals surface area contributed by atoms with Crippen LogP contribution < -0.4 is 4.72 Å². The largest absolute Gasteiger partial charge is 0.276 e. The molecule has 1 heterocycles. The monoisotopic (exact) mass is 347 g/mol. The Balaban J connectivity index is 1.77. The lowest BCUT2D eigenvalue weighted by molar-refractivity contribution is 0.601. The number of hydrogen-bond acceptors (Lipinski definition) is 3. The number of halogens is 1. The molecule has 0 aliphatic carbocycles. The van der Waals surface area contributed by atoms with Gasteiger partial charge in [0.2, 0.25) is 0 Å². The molecular weight excluding hydrogens is 334 g/mol. The summed E-state index contributed by atoms with van der Waals surface area (Å²) in [5.74, 6) is 0. The van der Waals surface area contributed by atoms with Crippen molar-refractivity contribution in [2.45, 2.75) is 11.4 Å². The van der Waals surface area contributed by atoms with E-state index in [1.807, 2.05) is 18.2 Å². The van der Waals surface area contributed by atoms with Crippen LogP contribution in [0.25, 0.3) is 0 Å². The molecule has 0 aliphatic rings. The van der Waals surface area contributed by atoms with Gasteiger partial charge in [-0.15, -0.1) is 0 Å². The number of hydrogen-bond donors (Lipinski definition) is 1. The van der Waals surface area contributed by atoms with Crippen molar-refractivity contribution in [1.29, 1.82) is 0 Å². The standard InChI is InChI=1S/C16H14ClN3O2S/c17-16-9-5-4-6-13(16)11-20-12-14(10-18-20)19-23(21,22)15-7-2-1-3-8-15/h1-10,12,19H,11H2. The molecule has 3 aromatic rings. The minimum Gasteiger partial charge on any atom is -0.276 e. The third-order valence-corrected chi connectivity index (χ3v) is 5.00. The third-order valence-electron chi connectivity index (χ3n) is 3.23. The van der Waals surface area contributed by atoms with Crippen LogP contribution in [0.15, 0.2) is 71.9 Å². The lowest BCUT2D eigenvalue weighted by Gasteiger charge is -2.06. The summed E-state index contributed by atoms with van der Waals surface area (Å²) in [7, 11) is -3.61. The Bertz CT molecular complexity index is 908. The summed E-state index contributed by atoms with van der Waals surface area (Å²) in [6, 6.07) is 15.6. The zero-order valence-electron chi connectivity index (χ0n) is 12.1. The number of sulfonamides is 1. The van der Waals surface area contributed by atoms with Gasteiger partial charge in [-0.25, -0.2) is 8.42 Å². The maximum Gasteiger partial charge on any atom is 0.261 e. The number of nitrogens with one attached hydrogen (secondary N) is 1. The van der Waals surface area contributed by atoms with Crippen molar-refractivity contribution >= 4 is 27.3 Å². The first-order valence-electron chi connectivity index (χ1n) is 6.88. The van der Waals surface area contributed by atoms with Crippen LogP contribution in [0, 0.1) is 0 Å². The maximum atomic E-state index is 12.3. The average molecular weight is 348 g/mol. The van der Waals surface area contributed by atoms with E-state index in [4.69, 9.17) is 11.6 Å². The quantitative estimate of drug-likeness (QED) is 0.769. The number of benzene rings is 2. The summed E-state index contributed by atoms with van der Waals surface area (Å²) in [6.07, 6.45) is 3.10. The molecule has 2 aromatic carbocycles. The van der Waals surface area contributed by atoms with E-state index in [1.165, 1.54) is 18.3 Å². The van der Waals surface area contributed by atoms with Crippen molar-refractivity contribution in [3.63, 3.8) is 0 Å². The van der Waals surface area contributed by atoms with E-state index >= 15 is 0 Å². The van der Waals surface area contributed by atoms with Crippen molar-refractivity contribution in [2.75, 3.05) is 4.72 Å². The molecule has 3 rings (SSSR count). The fourth-order valence-electron chi connectivity index (χ4n) is 2.12. The van der Waals surface area contributed by atoms with Gasteiger partial charge in [0.1, 0.15) is 0 Å². The van der Waals surface area contributed by atoms with Gasteiger partial charge < -0.3 is 0 Å². The molecule has 1 aromatic heterocycles. The predicted molar refractivity (Wildman–Crippen MR) is 90.0 cm³/mol. The number of nitrogens with zero attached hydrogens (tertiary/aromatic N) is 2. The van der Waals surface area contributed by atoms with E-state index in [9.17, 15) is 8.42 Å². The fraction of sp³-hybridized carbons (Fsp3) is 0.0625. The highest BCUT2D eigenvalue weighted by atomic mass is 35.5. The summed E-state index contributed by atoms with van der Waals surface area (Å²) in [6.45, 7) is 0.465. The predicted octanol–water partition coefficient (Wildman–Crippen LogP) is 3.39. The van der Waals surface area contributed by atoms with Crippen molar-refractivity contribution in [3.8, 4) is 0 Å². The molecule has 1 N–H and O–H groups in total. The molecular formula is C16H14ClN3O2S. The summed E-state index contributed by atoms with van der Waals surface area (Å²) < 4.78 is 28.6. The first kappa shape index (κ1) is 15.6. The first-order valence-corrected chi connectivity index (χ1v) is 8.74. The fourth-order valence-corrected chi connectivity index (χ4v) is 3.36. The second-order valence-electron chi connectivity index (χ2n) is 4.94. The highest BCUT2D eigenvalue weighted by Gasteiger charge is 2.14. The molecule has 0 fully saturated rings. The molecule has 0 saturated heterocycles.